The van der Waals surface area contributed by atoms with E-state index in [0.29, 0.717) is 36.1 Å². The number of pyridine rings is 2. The van der Waals surface area contributed by atoms with E-state index in [9.17, 15) is 14.4 Å². The van der Waals surface area contributed by atoms with Gasteiger partial charge in [-0.2, -0.15) is 0 Å². The molecule has 12 heteroatoms. The van der Waals surface area contributed by atoms with E-state index in [4.69, 9.17) is 9.47 Å². The molecule has 1 atom stereocenters. The lowest BCUT2D eigenvalue weighted by Crippen LogP contribution is -2.59. The average molecular weight is 521 g/mol. The van der Waals surface area contributed by atoms with E-state index in [1.165, 1.54) is 16.7 Å². The van der Waals surface area contributed by atoms with Crippen LogP contribution in [0, 0.1) is 0 Å². The zero-order valence-electron chi connectivity index (χ0n) is 20.0. The molecule has 2 aromatic heterocycles. The Labute approximate surface area is 216 Å². The standard InChI is InChI=1S/C25H24N6O5S/c1-35-23-5-3-17-24(29-23)19(6-7-26-17)30-10-14(11-30)27-21(32)9-16-12-31(25(34)36-16)15-2-4-20-18(8-15)28-22(33)13-37-20/h2-8,14,16H,9-13H2,1H3,(H,27,32)(H,28,33). The van der Waals surface area contributed by atoms with Crippen LogP contribution in [0.2, 0.25) is 0 Å². The number of rotatable bonds is 6. The van der Waals surface area contributed by atoms with Crippen molar-refractivity contribution in [3.63, 3.8) is 0 Å². The zero-order valence-corrected chi connectivity index (χ0v) is 20.8. The quantitative estimate of drug-likeness (QED) is 0.504. The van der Waals surface area contributed by atoms with Crippen LogP contribution in [-0.2, 0) is 14.3 Å². The van der Waals surface area contributed by atoms with Gasteiger partial charge in [-0.1, -0.05) is 0 Å². The molecule has 6 rings (SSSR count). The van der Waals surface area contributed by atoms with Gasteiger partial charge in [-0.15, -0.1) is 11.8 Å². The number of cyclic esters (lactones) is 1. The van der Waals surface area contributed by atoms with E-state index < -0.39 is 12.2 Å². The van der Waals surface area contributed by atoms with Crippen LogP contribution in [0.3, 0.4) is 0 Å². The van der Waals surface area contributed by atoms with E-state index in [2.05, 4.69) is 25.5 Å². The van der Waals surface area contributed by atoms with Crippen LogP contribution in [-0.4, -0.2) is 72.5 Å². The highest BCUT2D eigenvalue weighted by Crippen LogP contribution is 2.36. The first-order valence-electron chi connectivity index (χ1n) is 11.9. The summed E-state index contributed by atoms with van der Waals surface area (Å²) in [5.41, 5.74) is 3.77. The SMILES string of the molecule is COc1ccc2nccc(N3CC(NC(=O)CC4CN(c5ccc6c(c5)NC(=O)CS6)C(=O)O4)C3)c2n1. The van der Waals surface area contributed by atoms with Gasteiger partial charge in [0.2, 0.25) is 17.7 Å². The van der Waals surface area contributed by atoms with E-state index in [-0.39, 0.29) is 30.8 Å². The van der Waals surface area contributed by atoms with Crippen LogP contribution < -0.4 is 25.2 Å². The van der Waals surface area contributed by atoms with Gasteiger partial charge < -0.3 is 25.0 Å². The smallest absolute Gasteiger partial charge is 0.414 e. The average Bonchev–Trinajstić information content (AvgIpc) is 3.24. The number of thioether (sulfide) groups is 1. The number of ether oxygens (including phenoxy) is 2. The van der Waals surface area contributed by atoms with Gasteiger partial charge in [0.25, 0.3) is 0 Å². The third-order valence-corrected chi connectivity index (χ3v) is 7.60. The molecule has 1 unspecified atom stereocenters. The molecule has 2 saturated heterocycles. The summed E-state index contributed by atoms with van der Waals surface area (Å²) in [5.74, 6) is 0.652. The maximum atomic E-state index is 12.7. The molecule has 11 nitrogen and oxygen atoms in total. The lowest BCUT2D eigenvalue weighted by Gasteiger charge is -2.41. The normalized spacial score (nSPS) is 19.2. The number of carbonyl (C=O) groups is 3. The Balaban J connectivity index is 1.04. The highest BCUT2D eigenvalue weighted by molar-refractivity contribution is 8.00. The fourth-order valence-corrected chi connectivity index (χ4v) is 5.49. The van der Waals surface area contributed by atoms with Gasteiger partial charge in [-0.05, 0) is 30.3 Å². The van der Waals surface area contributed by atoms with Crippen molar-refractivity contribution in [1.82, 2.24) is 15.3 Å². The van der Waals surface area contributed by atoms with Crippen LogP contribution in [0.25, 0.3) is 11.0 Å². The lowest BCUT2D eigenvalue weighted by atomic mass is 10.1. The Morgan fingerprint density at radius 1 is 1.22 bits per heavy atom. The van der Waals surface area contributed by atoms with Crippen molar-refractivity contribution in [2.75, 3.05) is 47.6 Å². The van der Waals surface area contributed by atoms with Crippen molar-refractivity contribution in [1.29, 1.82) is 0 Å². The summed E-state index contributed by atoms with van der Waals surface area (Å²) < 4.78 is 10.7. The Hall–Kier alpha value is -4.06. The number of hydrogen-bond acceptors (Lipinski definition) is 9. The van der Waals surface area contributed by atoms with Gasteiger partial charge >= 0.3 is 6.09 Å². The summed E-state index contributed by atoms with van der Waals surface area (Å²) in [6.07, 6.45) is 0.764. The number of aromatic nitrogens is 2. The lowest BCUT2D eigenvalue weighted by molar-refractivity contribution is -0.123. The Kier molecular flexibility index (Phi) is 5.95. The molecule has 0 aliphatic carbocycles. The van der Waals surface area contributed by atoms with Crippen molar-refractivity contribution < 1.29 is 23.9 Å². The second-order valence-electron chi connectivity index (χ2n) is 9.06. The van der Waals surface area contributed by atoms with E-state index in [0.717, 1.165) is 21.6 Å². The van der Waals surface area contributed by atoms with Crippen molar-refractivity contribution in [3.05, 3.63) is 42.6 Å². The maximum absolute atomic E-state index is 12.7. The number of carbonyl (C=O) groups excluding carboxylic acids is 3. The van der Waals surface area contributed by atoms with Gasteiger partial charge in [0.1, 0.15) is 11.6 Å². The summed E-state index contributed by atoms with van der Waals surface area (Å²) in [6, 6.07) is 11.0. The molecule has 5 heterocycles. The van der Waals surface area contributed by atoms with Crippen molar-refractivity contribution >= 4 is 57.8 Å². The summed E-state index contributed by atoms with van der Waals surface area (Å²) in [5, 5.41) is 5.85. The molecule has 0 spiro atoms. The minimum absolute atomic E-state index is 0.0173. The third-order valence-electron chi connectivity index (χ3n) is 6.53. The largest absolute Gasteiger partial charge is 0.481 e. The summed E-state index contributed by atoms with van der Waals surface area (Å²) in [6.45, 7) is 1.54. The molecule has 0 radical (unpaired) electrons. The topological polar surface area (TPSA) is 126 Å². The summed E-state index contributed by atoms with van der Waals surface area (Å²) in [4.78, 5) is 50.4. The van der Waals surface area contributed by atoms with Gasteiger partial charge in [0.05, 0.1) is 48.8 Å². The molecule has 3 aliphatic rings. The second kappa shape index (κ2) is 9.43. The number of benzene rings is 1. The van der Waals surface area contributed by atoms with Crippen LogP contribution in [0.1, 0.15) is 6.42 Å². The molecule has 3 amide bonds. The predicted molar refractivity (Wildman–Crippen MR) is 138 cm³/mol. The van der Waals surface area contributed by atoms with E-state index in [1.807, 2.05) is 24.3 Å². The highest BCUT2D eigenvalue weighted by Gasteiger charge is 2.36. The summed E-state index contributed by atoms with van der Waals surface area (Å²) >= 11 is 1.46. The number of hydrogen-bond donors (Lipinski definition) is 2. The second-order valence-corrected chi connectivity index (χ2v) is 10.1. The van der Waals surface area contributed by atoms with Gasteiger partial charge in [0.15, 0.2) is 0 Å². The van der Waals surface area contributed by atoms with Gasteiger partial charge in [-0.3, -0.25) is 19.5 Å². The molecule has 0 saturated carbocycles. The first-order chi connectivity index (χ1) is 18.0. The molecule has 2 N–H and O–H groups in total. The molecular formula is C25H24N6O5S. The Morgan fingerprint density at radius 3 is 2.92 bits per heavy atom. The number of nitrogens with zero attached hydrogens (tertiary/aromatic N) is 4. The van der Waals surface area contributed by atoms with Crippen molar-refractivity contribution in [2.24, 2.45) is 0 Å². The molecule has 190 valence electrons. The first-order valence-corrected chi connectivity index (χ1v) is 12.8. The monoisotopic (exact) mass is 520 g/mol. The number of nitrogens with one attached hydrogen (secondary N) is 2. The van der Waals surface area contributed by atoms with E-state index >= 15 is 0 Å². The molecule has 3 aromatic rings. The van der Waals surface area contributed by atoms with Gasteiger partial charge in [0, 0.05) is 35.9 Å². The van der Waals surface area contributed by atoms with Crippen molar-refractivity contribution in [3.8, 4) is 5.88 Å². The Morgan fingerprint density at radius 2 is 2.08 bits per heavy atom. The molecule has 3 aliphatic heterocycles. The number of amides is 3. The minimum Gasteiger partial charge on any atom is -0.481 e. The number of methoxy groups -OCH3 is 1. The van der Waals surface area contributed by atoms with E-state index in [1.54, 1.807) is 25.4 Å². The molecule has 0 bridgehead atoms. The number of fused-ring (bicyclic) bond motifs is 2. The summed E-state index contributed by atoms with van der Waals surface area (Å²) in [7, 11) is 1.58. The highest BCUT2D eigenvalue weighted by atomic mass is 32.2. The number of anilines is 3. The molecule has 2 fully saturated rings. The zero-order chi connectivity index (χ0) is 25.5. The molecular weight excluding hydrogens is 496 g/mol. The predicted octanol–water partition coefficient (Wildman–Crippen LogP) is 2.40. The maximum Gasteiger partial charge on any atom is 0.414 e. The fraction of sp³-hybridized carbons (Fsp3) is 0.320. The van der Waals surface area contributed by atoms with Crippen LogP contribution in [0.4, 0.5) is 21.9 Å². The third kappa shape index (κ3) is 4.59. The van der Waals surface area contributed by atoms with Crippen molar-refractivity contribution in [2.45, 2.75) is 23.5 Å². The first kappa shape index (κ1) is 23.3. The Bertz CT molecular complexity index is 1410. The molecule has 1 aromatic carbocycles. The molecule has 37 heavy (non-hydrogen) atoms. The van der Waals surface area contributed by atoms with Gasteiger partial charge in [-0.25, -0.2) is 9.78 Å². The fourth-order valence-electron chi connectivity index (χ4n) is 4.70. The van der Waals surface area contributed by atoms with Crippen LogP contribution >= 0.6 is 11.8 Å². The van der Waals surface area contributed by atoms with Crippen LogP contribution in [0.5, 0.6) is 5.88 Å². The van der Waals surface area contributed by atoms with Crippen LogP contribution in [0.15, 0.2) is 47.5 Å². The minimum atomic E-state index is -0.551.